The maximum Gasteiger partial charge on any atom is 0.303 e. The molecule has 1 rings (SSSR count). The largest absolute Gasteiger partial charge is 0.463 e. The third-order valence-electron chi connectivity index (χ3n) is 2.07. The van der Waals surface area contributed by atoms with Gasteiger partial charge in [-0.25, -0.2) is 0 Å². The SMILES string of the molecule is CC(=O)OC[C@H]1O[C@@H](O)[C@H](OC(C)=O)[C@@H]1O. The Morgan fingerprint density at radius 1 is 1.25 bits per heavy atom. The lowest BCUT2D eigenvalue weighted by Gasteiger charge is -2.16. The maximum absolute atomic E-state index is 10.7. The van der Waals surface area contributed by atoms with Gasteiger partial charge in [-0.3, -0.25) is 9.59 Å². The van der Waals surface area contributed by atoms with Gasteiger partial charge in [0.25, 0.3) is 0 Å². The molecule has 1 fully saturated rings. The molecule has 92 valence electrons. The highest BCUT2D eigenvalue weighted by molar-refractivity contribution is 5.66. The van der Waals surface area contributed by atoms with Crippen LogP contribution >= 0.6 is 0 Å². The van der Waals surface area contributed by atoms with Crippen LogP contribution < -0.4 is 0 Å². The van der Waals surface area contributed by atoms with Crippen molar-refractivity contribution in [2.75, 3.05) is 6.61 Å². The van der Waals surface area contributed by atoms with Gasteiger partial charge in [0.15, 0.2) is 12.4 Å². The van der Waals surface area contributed by atoms with Gasteiger partial charge in [0, 0.05) is 13.8 Å². The van der Waals surface area contributed by atoms with Crippen molar-refractivity contribution in [2.45, 2.75) is 38.4 Å². The molecule has 7 nitrogen and oxygen atoms in total. The summed E-state index contributed by atoms with van der Waals surface area (Å²) in [5.74, 6) is -1.17. The average Bonchev–Trinajstić information content (AvgIpc) is 2.42. The van der Waals surface area contributed by atoms with Gasteiger partial charge in [0.2, 0.25) is 0 Å². The van der Waals surface area contributed by atoms with Crippen molar-refractivity contribution in [3.8, 4) is 0 Å². The van der Waals surface area contributed by atoms with Crippen LogP contribution in [0.4, 0.5) is 0 Å². The average molecular weight is 234 g/mol. The lowest BCUT2D eigenvalue weighted by atomic mass is 10.1. The summed E-state index contributed by atoms with van der Waals surface area (Å²) in [4.78, 5) is 21.2. The van der Waals surface area contributed by atoms with E-state index in [0.717, 1.165) is 6.92 Å². The molecule has 1 saturated heterocycles. The van der Waals surface area contributed by atoms with Crippen LogP contribution in [-0.2, 0) is 23.8 Å². The summed E-state index contributed by atoms with van der Waals surface area (Å²) in [6.45, 7) is 2.16. The summed E-state index contributed by atoms with van der Waals surface area (Å²) in [6, 6.07) is 0. The minimum Gasteiger partial charge on any atom is -0.463 e. The first-order valence-electron chi connectivity index (χ1n) is 4.74. The van der Waals surface area contributed by atoms with Crippen LogP contribution in [0.2, 0.25) is 0 Å². The van der Waals surface area contributed by atoms with Gasteiger partial charge >= 0.3 is 11.9 Å². The van der Waals surface area contributed by atoms with E-state index in [1.807, 2.05) is 0 Å². The maximum atomic E-state index is 10.7. The Hall–Kier alpha value is -1.18. The van der Waals surface area contributed by atoms with E-state index in [0.29, 0.717) is 0 Å². The Morgan fingerprint density at radius 3 is 2.38 bits per heavy atom. The van der Waals surface area contributed by atoms with Crippen molar-refractivity contribution >= 4 is 11.9 Å². The standard InChI is InChI=1S/C9H14O7/c1-4(10)14-3-6-7(12)8(9(13)16-6)15-5(2)11/h6-9,12-13H,3H2,1-2H3/t6-,7-,8-,9-/m1/s1. The molecule has 0 aliphatic carbocycles. The predicted molar refractivity (Wildman–Crippen MR) is 49.1 cm³/mol. The first kappa shape index (κ1) is 12.9. The summed E-state index contributed by atoms with van der Waals surface area (Å²) in [6.07, 6.45) is -4.70. The van der Waals surface area contributed by atoms with Gasteiger partial charge in [0.05, 0.1) is 0 Å². The Kier molecular flexibility index (Phi) is 4.22. The monoisotopic (exact) mass is 234 g/mol. The minimum absolute atomic E-state index is 0.203. The third-order valence-corrected chi connectivity index (χ3v) is 2.07. The van der Waals surface area contributed by atoms with Crippen molar-refractivity contribution in [1.29, 1.82) is 0 Å². The van der Waals surface area contributed by atoms with E-state index < -0.39 is 36.5 Å². The lowest BCUT2D eigenvalue weighted by Crippen LogP contribution is -2.37. The van der Waals surface area contributed by atoms with E-state index in [-0.39, 0.29) is 6.61 Å². The van der Waals surface area contributed by atoms with Crippen LogP contribution in [0.1, 0.15) is 13.8 Å². The molecule has 0 unspecified atom stereocenters. The normalized spacial score (nSPS) is 33.5. The molecular weight excluding hydrogens is 220 g/mol. The highest BCUT2D eigenvalue weighted by Crippen LogP contribution is 2.22. The van der Waals surface area contributed by atoms with Crippen LogP contribution in [0.5, 0.6) is 0 Å². The molecular formula is C9H14O7. The Morgan fingerprint density at radius 2 is 1.88 bits per heavy atom. The van der Waals surface area contributed by atoms with Gasteiger partial charge in [-0.1, -0.05) is 0 Å². The van der Waals surface area contributed by atoms with Crippen molar-refractivity contribution in [1.82, 2.24) is 0 Å². The molecule has 16 heavy (non-hydrogen) atoms. The van der Waals surface area contributed by atoms with E-state index in [2.05, 4.69) is 9.47 Å². The summed E-state index contributed by atoms with van der Waals surface area (Å²) in [5.41, 5.74) is 0. The first-order valence-corrected chi connectivity index (χ1v) is 4.74. The van der Waals surface area contributed by atoms with E-state index in [4.69, 9.17) is 4.74 Å². The zero-order valence-corrected chi connectivity index (χ0v) is 8.95. The van der Waals surface area contributed by atoms with Crippen LogP contribution in [0, 0.1) is 0 Å². The Labute approximate surface area is 91.9 Å². The number of ether oxygens (including phenoxy) is 3. The van der Waals surface area contributed by atoms with Crippen molar-refractivity contribution in [2.24, 2.45) is 0 Å². The number of aliphatic hydroxyl groups excluding tert-OH is 2. The molecule has 0 aromatic carbocycles. The van der Waals surface area contributed by atoms with Crippen molar-refractivity contribution in [3.63, 3.8) is 0 Å². The van der Waals surface area contributed by atoms with E-state index in [1.165, 1.54) is 6.92 Å². The van der Waals surface area contributed by atoms with Crippen LogP contribution in [0.25, 0.3) is 0 Å². The fraction of sp³-hybridized carbons (Fsp3) is 0.778. The van der Waals surface area contributed by atoms with Crippen LogP contribution in [0.15, 0.2) is 0 Å². The molecule has 0 saturated carbocycles. The molecule has 2 N–H and O–H groups in total. The zero-order valence-electron chi connectivity index (χ0n) is 8.95. The number of rotatable bonds is 3. The highest BCUT2D eigenvalue weighted by atomic mass is 16.7. The van der Waals surface area contributed by atoms with Crippen LogP contribution in [-0.4, -0.2) is 53.4 Å². The van der Waals surface area contributed by atoms with Gasteiger partial charge in [0.1, 0.15) is 18.8 Å². The van der Waals surface area contributed by atoms with E-state index in [9.17, 15) is 19.8 Å². The second-order valence-electron chi connectivity index (χ2n) is 3.43. The predicted octanol–water partition coefficient (Wildman–Crippen LogP) is -1.44. The summed E-state index contributed by atoms with van der Waals surface area (Å²) in [5, 5.41) is 19.0. The molecule has 0 amide bonds. The fourth-order valence-electron chi connectivity index (χ4n) is 1.37. The lowest BCUT2D eigenvalue weighted by molar-refractivity contribution is -0.172. The quantitative estimate of drug-likeness (QED) is 0.576. The number of carbonyl (C=O) groups excluding carboxylic acids is 2. The molecule has 4 atom stereocenters. The van der Waals surface area contributed by atoms with E-state index >= 15 is 0 Å². The summed E-state index contributed by atoms with van der Waals surface area (Å²) >= 11 is 0. The van der Waals surface area contributed by atoms with Gasteiger partial charge in [-0.2, -0.15) is 0 Å². The zero-order chi connectivity index (χ0) is 12.3. The Bertz CT molecular complexity index is 277. The van der Waals surface area contributed by atoms with Gasteiger partial charge < -0.3 is 24.4 Å². The number of hydrogen-bond donors (Lipinski definition) is 2. The number of carbonyl (C=O) groups is 2. The highest BCUT2D eigenvalue weighted by Gasteiger charge is 2.45. The number of aliphatic hydroxyl groups is 2. The van der Waals surface area contributed by atoms with Crippen molar-refractivity contribution in [3.05, 3.63) is 0 Å². The molecule has 1 aliphatic rings. The Balaban J connectivity index is 2.52. The van der Waals surface area contributed by atoms with Gasteiger partial charge in [-0.05, 0) is 0 Å². The van der Waals surface area contributed by atoms with Gasteiger partial charge in [-0.15, -0.1) is 0 Å². The molecule has 0 radical (unpaired) electrons. The second kappa shape index (κ2) is 5.24. The van der Waals surface area contributed by atoms with Crippen molar-refractivity contribution < 1.29 is 34.0 Å². The minimum atomic E-state index is -1.42. The second-order valence-corrected chi connectivity index (χ2v) is 3.43. The molecule has 0 aromatic heterocycles. The molecule has 0 aromatic rings. The smallest absolute Gasteiger partial charge is 0.303 e. The van der Waals surface area contributed by atoms with Crippen LogP contribution in [0.3, 0.4) is 0 Å². The molecule has 1 heterocycles. The topological polar surface area (TPSA) is 102 Å². The molecule has 7 heteroatoms. The number of hydrogen-bond acceptors (Lipinski definition) is 7. The number of esters is 2. The summed E-state index contributed by atoms with van der Waals surface area (Å²) in [7, 11) is 0. The third kappa shape index (κ3) is 3.16. The fourth-order valence-corrected chi connectivity index (χ4v) is 1.37. The summed E-state index contributed by atoms with van der Waals surface area (Å²) < 4.78 is 14.2. The molecule has 0 spiro atoms. The first-order chi connectivity index (χ1) is 7.41. The molecule has 1 aliphatic heterocycles. The molecule has 0 bridgehead atoms. The van der Waals surface area contributed by atoms with E-state index in [1.54, 1.807) is 0 Å².